The first kappa shape index (κ1) is 21.9. The molecule has 0 bridgehead atoms. The van der Waals surface area contributed by atoms with Crippen molar-refractivity contribution in [1.29, 1.82) is 0 Å². The van der Waals surface area contributed by atoms with Gasteiger partial charge in [-0.25, -0.2) is 0 Å². The topological polar surface area (TPSA) is 96.4 Å². The minimum Gasteiger partial charge on any atom is -0.461 e. The summed E-state index contributed by atoms with van der Waals surface area (Å²) in [5, 5.41) is 9.24. The molecular weight excluding hydrogens is 424 g/mol. The van der Waals surface area contributed by atoms with E-state index in [-0.39, 0.29) is 25.0 Å². The maximum absolute atomic E-state index is 13.9. The van der Waals surface area contributed by atoms with Crippen LogP contribution in [0.4, 0.5) is 0 Å². The van der Waals surface area contributed by atoms with Gasteiger partial charge in [0.05, 0.1) is 12.0 Å². The van der Waals surface area contributed by atoms with Crippen LogP contribution in [-0.2, 0) is 30.4 Å². The highest BCUT2D eigenvalue weighted by Gasteiger charge is 2.71. The molecule has 2 fully saturated rings. The summed E-state index contributed by atoms with van der Waals surface area (Å²) < 4.78 is 11.8. The van der Waals surface area contributed by atoms with Gasteiger partial charge in [-0.3, -0.25) is 14.4 Å². The smallest absolute Gasteiger partial charge is 0.313 e. The number of hydrogen-bond acceptors (Lipinski definition) is 6. The van der Waals surface area contributed by atoms with Crippen molar-refractivity contribution in [3.8, 4) is 0 Å². The number of benzene rings is 1. The third-order valence-electron chi connectivity index (χ3n) is 7.02. The Morgan fingerprint density at radius 3 is 2.67 bits per heavy atom. The van der Waals surface area contributed by atoms with Crippen molar-refractivity contribution in [2.75, 3.05) is 26.3 Å². The molecule has 5 atom stereocenters. The second-order valence-electron chi connectivity index (χ2n) is 8.97. The molecule has 1 aromatic carbocycles. The number of carbonyl (C=O) groups is 3. The van der Waals surface area contributed by atoms with Crippen LogP contribution >= 0.6 is 0 Å². The Labute approximate surface area is 192 Å². The van der Waals surface area contributed by atoms with Crippen LogP contribution in [0, 0.1) is 11.8 Å². The molecule has 5 rings (SSSR count). The summed E-state index contributed by atoms with van der Waals surface area (Å²) in [6, 6.07) is 8.83. The fourth-order valence-electron chi connectivity index (χ4n) is 5.60. The van der Waals surface area contributed by atoms with Crippen molar-refractivity contribution in [3.63, 3.8) is 0 Å². The van der Waals surface area contributed by atoms with Gasteiger partial charge in [-0.2, -0.15) is 0 Å². The molecule has 0 aliphatic carbocycles. The van der Waals surface area contributed by atoms with Crippen LogP contribution in [0.3, 0.4) is 0 Å². The highest BCUT2D eigenvalue weighted by molar-refractivity contribution is 5.99. The van der Waals surface area contributed by atoms with E-state index in [0.29, 0.717) is 32.5 Å². The monoisotopic (exact) mass is 452 g/mol. The number of unbranched alkanes of at least 4 members (excludes halogenated alkanes) is 1. The Balaban J connectivity index is 1.53. The van der Waals surface area contributed by atoms with E-state index in [1.807, 2.05) is 42.5 Å². The van der Waals surface area contributed by atoms with E-state index in [1.54, 1.807) is 22.0 Å². The predicted octanol–water partition coefficient (Wildman–Crippen LogP) is 1.05. The molecular formula is C25H28N2O6. The molecule has 33 heavy (non-hydrogen) atoms. The molecule has 0 radical (unpaired) electrons. The third-order valence-corrected chi connectivity index (χ3v) is 7.02. The zero-order valence-corrected chi connectivity index (χ0v) is 18.3. The quantitative estimate of drug-likeness (QED) is 0.394. The Bertz CT molecular complexity index is 992. The lowest BCUT2D eigenvalue weighted by Crippen LogP contribution is -2.55. The van der Waals surface area contributed by atoms with Crippen LogP contribution in [0.25, 0.3) is 0 Å². The summed E-state index contributed by atoms with van der Waals surface area (Å²) >= 11 is 0. The largest absolute Gasteiger partial charge is 0.461 e. The van der Waals surface area contributed by atoms with E-state index in [9.17, 15) is 19.5 Å². The highest BCUT2D eigenvalue weighted by Crippen LogP contribution is 2.53. The second-order valence-corrected chi connectivity index (χ2v) is 8.97. The van der Waals surface area contributed by atoms with Gasteiger partial charge >= 0.3 is 5.97 Å². The van der Waals surface area contributed by atoms with E-state index in [0.717, 1.165) is 5.56 Å². The number of aliphatic hydroxyl groups is 1. The van der Waals surface area contributed by atoms with Crippen molar-refractivity contribution in [2.45, 2.75) is 37.1 Å². The maximum Gasteiger partial charge on any atom is 0.313 e. The van der Waals surface area contributed by atoms with Crippen LogP contribution in [0.5, 0.6) is 0 Å². The Morgan fingerprint density at radius 2 is 1.88 bits per heavy atom. The number of carbonyl (C=O) groups excluding carboxylic acids is 3. The fourth-order valence-corrected chi connectivity index (χ4v) is 5.60. The van der Waals surface area contributed by atoms with Gasteiger partial charge in [0.2, 0.25) is 11.8 Å². The van der Waals surface area contributed by atoms with Crippen LogP contribution in [0.1, 0.15) is 18.4 Å². The van der Waals surface area contributed by atoms with Gasteiger partial charge < -0.3 is 24.4 Å². The Morgan fingerprint density at radius 1 is 1.06 bits per heavy atom. The van der Waals surface area contributed by atoms with Gasteiger partial charge in [0.1, 0.15) is 24.2 Å². The van der Waals surface area contributed by atoms with Crippen molar-refractivity contribution in [1.82, 2.24) is 9.80 Å². The van der Waals surface area contributed by atoms with Gasteiger partial charge in [-0.1, -0.05) is 48.6 Å². The molecule has 1 N–H and O–H groups in total. The van der Waals surface area contributed by atoms with Gasteiger partial charge in [0, 0.05) is 26.2 Å². The number of aliphatic hydroxyl groups excluding tert-OH is 1. The van der Waals surface area contributed by atoms with Crippen LogP contribution in [-0.4, -0.2) is 76.7 Å². The standard InChI is InChI=1S/C25H28N2O6/c28-14-5-4-13-27-21-23(30)26(16-17-8-2-1-3-9-17)12-7-11-25(21)20(22(27)29)19-18(33-25)10-6-15-32-24(19)31/h1-3,6-11,18-21,28H,4-5,12-16H2/t18-,19+,20+,21?,25+/m1/s1. The van der Waals surface area contributed by atoms with Gasteiger partial charge in [-0.05, 0) is 24.5 Å². The van der Waals surface area contributed by atoms with Crippen molar-refractivity contribution in [3.05, 3.63) is 60.2 Å². The zero-order valence-electron chi connectivity index (χ0n) is 18.3. The molecule has 174 valence electrons. The molecule has 0 aromatic heterocycles. The van der Waals surface area contributed by atoms with Crippen molar-refractivity contribution >= 4 is 17.8 Å². The lowest BCUT2D eigenvalue weighted by atomic mass is 9.78. The molecule has 1 aromatic rings. The number of rotatable bonds is 6. The lowest BCUT2D eigenvalue weighted by molar-refractivity contribution is -0.153. The van der Waals surface area contributed by atoms with E-state index in [1.165, 1.54) is 0 Å². The number of hydrogen-bond donors (Lipinski definition) is 1. The summed E-state index contributed by atoms with van der Waals surface area (Å²) in [6.45, 7) is 1.26. The summed E-state index contributed by atoms with van der Waals surface area (Å²) in [7, 11) is 0. The Kier molecular flexibility index (Phi) is 5.80. The summed E-state index contributed by atoms with van der Waals surface area (Å²) in [5.74, 6) is -2.55. The molecule has 2 saturated heterocycles. The van der Waals surface area contributed by atoms with E-state index in [4.69, 9.17) is 9.47 Å². The average molecular weight is 453 g/mol. The number of cyclic esters (lactones) is 1. The van der Waals surface area contributed by atoms with Crippen LogP contribution < -0.4 is 0 Å². The first-order chi connectivity index (χ1) is 16.1. The molecule has 1 spiro atoms. The lowest BCUT2D eigenvalue weighted by Gasteiger charge is -2.35. The summed E-state index contributed by atoms with van der Waals surface area (Å²) in [5.41, 5.74) is -0.235. The number of nitrogens with zero attached hydrogens (tertiary/aromatic N) is 2. The van der Waals surface area contributed by atoms with Gasteiger partial charge in [0.25, 0.3) is 0 Å². The van der Waals surface area contributed by atoms with E-state index in [2.05, 4.69) is 0 Å². The number of ether oxygens (including phenoxy) is 2. The summed E-state index contributed by atoms with van der Waals surface area (Å²) in [6.07, 6.45) is 7.65. The second kappa shape index (κ2) is 8.76. The molecule has 4 aliphatic heterocycles. The van der Waals surface area contributed by atoms with E-state index >= 15 is 0 Å². The molecule has 2 amide bonds. The highest BCUT2D eigenvalue weighted by atomic mass is 16.6. The SMILES string of the molecule is O=C1OCC=C[C@H]2O[C@]34C=CCN(Cc5ccccc5)C(=O)C3N(CCCCO)C(=O)[C@@H]4[C@@H]12. The molecule has 8 nitrogen and oxygen atoms in total. The normalized spacial score (nSPS) is 32.8. The molecule has 0 saturated carbocycles. The average Bonchev–Trinajstić information content (AvgIpc) is 3.11. The zero-order chi connectivity index (χ0) is 23.0. The van der Waals surface area contributed by atoms with E-state index < -0.39 is 35.6 Å². The molecule has 4 heterocycles. The van der Waals surface area contributed by atoms with Gasteiger partial charge in [-0.15, -0.1) is 0 Å². The fraction of sp³-hybridized carbons (Fsp3) is 0.480. The molecule has 4 aliphatic rings. The van der Waals surface area contributed by atoms with Crippen molar-refractivity contribution in [2.24, 2.45) is 11.8 Å². The van der Waals surface area contributed by atoms with Crippen LogP contribution in [0.15, 0.2) is 54.6 Å². The van der Waals surface area contributed by atoms with Gasteiger partial charge in [0.15, 0.2) is 0 Å². The number of esters is 1. The number of likely N-dealkylation sites (tertiary alicyclic amines) is 1. The Hall–Kier alpha value is -2.97. The maximum atomic E-state index is 13.9. The first-order valence-electron chi connectivity index (χ1n) is 11.5. The predicted molar refractivity (Wildman–Crippen MR) is 118 cm³/mol. The van der Waals surface area contributed by atoms with Crippen LogP contribution in [0.2, 0.25) is 0 Å². The molecule has 1 unspecified atom stereocenters. The minimum absolute atomic E-state index is 0.00751. The third kappa shape index (κ3) is 3.57. The summed E-state index contributed by atoms with van der Waals surface area (Å²) in [4.78, 5) is 43.8. The van der Waals surface area contributed by atoms with Crippen molar-refractivity contribution < 1.29 is 29.0 Å². The minimum atomic E-state index is -1.23. The first-order valence-corrected chi connectivity index (χ1v) is 11.5. The molecule has 8 heteroatoms. The number of fused-ring (bicyclic) bond motifs is 2. The number of amides is 2.